The molecule has 0 heterocycles. The zero-order valence-corrected chi connectivity index (χ0v) is 18.4. The van der Waals surface area contributed by atoms with E-state index in [4.69, 9.17) is 0 Å². The van der Waals surface area contributed by atoms with Crippen molar-refractivity contribution in [3.63, 3.8) is 0 Å². The summed E-state index contributed by atoms with van der Waals surface area (Å²) < 4.78 is 1.64. The van der Waals surface area contributed by atoms with E-state index in [1.165, 1.54) is 12.2 Å². The number of rotatable bonds is 4. The van der Waals surface area contributed by atoms with Crippen LogP contribution in [0.5, 0.6) is 0 Å². The third-order valence-electron chi connectivity index (χ3n) is 3.76. The van der Waals surface area contributed by atoms with Crippen LogP contribution in [0.15, 0.2) is 81.8 Å². The number of hydrogen-bond donors (Lipinski definition) is 2. The van der Waals surface area contributed by atoms with Crippen LogP contribution in [0, 0.1) is 7.14 Å². The highest BCUT2D eigenvalue weighted by Gasteiger charge is 2.26. The van der Waals surface area contributed by atoms with Gasteiger partial charge in [0.2, 0.25) is 0 Å². The lowest BCUT2D eigenvalue weighted by atomic mass is 9.95. The molecular formula is C20H12I2N2O4. The number of carboxylic acid groups (broad SMARTS) is 2. The van der Waals surface area contributed by atoms with Gasteiger partial charge in [0.15, 0.2) is 0 Å². The average molecular weight is 598 g/mol. The van der Waals surface area contributed by atoms with E-state index in [1.54, 1.807) is 24.3 Å². The molecule has 2 aromatic carbocycles. The molecule has 1 aliphatic carbocycles. The minimum absolute atomic E-state index is 0.0655. The Morgan fingerprint density at radius 2 is 1.04 bits per heavy atom. The Kier molecular flexibility index (Phi) is 6.39. The Morgan fingerprint density at radius 1 is 0.679 bits per heavy atom. The van der Waals surface area contributed by atoms with Crippen molar-refractivity contribution >= 4 is 79.9 Å². The van der Waals surface area contributed by atoms with Crippen LogP contribution in [-0.4, -0.2) is 33.6 Å². The second-order valence-electron chi connectivity index (χ2n) is 5.62. The summed E-state index contributed by atoms with van der Waals surface area (Å²) in [4.78, 5) is 32.3. The minimum atomic E-state index is -1.21. The van der Waals surface area contributed by atoms with Crippen molar-refractivity contribution in [3.05, 3.63) is 79.0 Å². The first kappa shape index (κ1) is 20.4. The monoisotopic (exact) mass is 598 g/mol. The summed E-state index contributed by atoms with van der Waals surface area (Å²) in [6, 6.07) is 14.4. The summed E-state index contributed by atoms with van der Waals surface area (Å²) in [6.07, 6.45) is 2.51. The van der Waals surface area contributed by atoms with Crippen molar-refractivity contribution in [1.29, 1.82) is 0 Å². The third kappa shape index (κ3) is 4.55. The molecule has 0 unspecified atom stereocenters. The normalized spacial score (nSPS) is 16.6. The smallest absolute Gasteiger partial charge is 0.337 e. The number of hydrogen-bond acceptors (Lipinski definition) is 4. The number of nitrogens with zero attached hydrogens (tertiary/aromatic N) is 2. The van der Waals surface area contributed by atoms with Gasteiger partial charge < -0.3 is 10.2 Å². The summed E-state index contributed by atoms with van der Waals surface area (Å²) in [7, 11) is 0. The van der Waals surface area contributed by atoms with E-state index in [2.05, 4.69) is 55.2 Å². The Hall–Kier alpha value is -2.34. The van der Waals surface area contributed by atoms with Gasteiger partial charge >= 0.3 is 11.9 Å². The summed E-state index contributed by atoms with van der Waals surface area (Å²) in [5, 5.41) is 19.3. The van der Waals surface area contributed by atoms with Gasteiger partial charge in [0.25, 0.3) is 0 Å². The summed E-state index contributed by atoms with van der Waals surface area (Å²) in [6.45, 7) is 0. The molecule has 0 bridgehead atoms. The first-order valence-corrected chi connectivity index (χ1v) is 10.1. The van der Waals surface area contributed by atoms with Gasteiger partial charge in [-0.3, -0.25) is 0 Å². The molecule has 3 rings (SSSR count). The zero-order chi connectivity index (χ0) is 20.3. The number of halogens is 2. The lowest BCUT2D eigenvalue weighted by Gasteiger charge is -2.14. The molecule has 2 aromatic rings. The SMILES string of the molecule is O=C(O)C1=CC(=Nc2ccccc2I)C(C(=O)O)=CC1=Nc1ccccc1I. The predicted octanol–water partition coefficient (Wildman–Crippen LogP) is 4.78. The largest absolute Gasteiger partial charge is 0.478 e. The highest BCUT2D eigenvalue weighted by Crippen LogP contribution is 2.26. The Bertz CT molecular complexity index is 1010. The fourth-order valence-electron chi connectivity index (χ4n) is 2.45. The van der Waals surface area contributed by atoms with Crippen molar-refractivity contribution < 1.29 is 19.8 Å². The maximum Gasteiger partial charge on any atom is 0.337 e. The molecule has 28 heavy (non-hydrogen) atoms. The highest BCUT2D eigenvalue weighted by atomic mass is 127. The maximum absolute atomic E-state index is 11.8. The molecule has 0 amide bonds. The van der Waals surface area contributed by atoms with Gasteiger partial charge in [-0.2, -0.15) is 0 Å². The standard InChI is InChI=1S/C20H12I2N2O4/c21-13-5-1-3-7-15(13)23-17-9-12(20(27)28)18(10-11(17)19(25)26)24-16-8-4-2-6-14(16)22/h1-10H,(H,25,26)(H,27,28). The van der Waals surface area contributed by atoms with E-state index >= 15 is 0 Å². The summed E-state index contributed by atoms with van der Waals surface area (Å²) >= 11 is 4.17. The van der Waals surface area contributed by atoms with Gasteiger partial charge in [-0.05, 0) is 81.6 Å². The second kappa shape index (κ2) is 8.78. The molecule has 0 atom stereocenters. The zero-order valence-electron chi connectivity index (χ0n) is 14.1. The van der Waals surface area contributed by atoms with Crippen LogP contribution in [0.25, 0.3) is 0 Å². The maximum atomic E-state index is 11.8. The lowest BCUT2D eigenvalue weighted by Crippen LogP contribution is -2.22. The van der Waals surface area contributed by atoms with Crippen molar-refractivity contribution in [2.75, 3.05) is 0 Å². The van der Waals surface area contributed by atoms with Crippen LogP contribution in [-0.2, 0) is 9.59 Å². The van der Waals surface area contributed by atoms with Crippen LogP contribution in [0.4, 0.5) is 11.4 Å². The van der Waals surface area contributed by atoms with Gasteiger partial charge in [-0.15, -0.1) is 0 Å². The molecule has 0 radical (unpaired) electrons. The van der Waals surface area contributed by atoms with Crippen molar-refractivity contribution in [2.24, 2.45) is 9.98 Å². The minimum Gasteiger partial charge on any atom is -0.478 e. The van der Waals surface area contributed by atoms with Crippen molar-refractivity contribution in [2.45, 2.75) is 0 Å². The Labute approximate surface area is 187 Å². The van der Waals surface area contributed by atoms with E-state index in [0.717, 1.165) is 7.14 Å². The van der Waals surface area contributed by atoms with Crippen LogP contribution in [0.3, 0.4) is 0 Å². The second-order valence-corrected chi connectivity index (χ2v) is 7.95. The molecule has 8 heteroatoms. The average Bonchev–Trinajstić information content (AvgIpc) is 2.65. The van der Waals surface area contributed by atoms with Gasteiger partial charge in [0, 0.05) is 7.14 Å². The number of benzene rings is 2. The molecule has 0 saturated heterocycles. The van der Waals surface area contributed by atoms with Crippen LogP contribution in [0.2, 0.25) is 0 Å². The number of para-hydroxylation sites is 2. The van der Waals surface area contributed by atoms with Crippen molar-refractivity contribution in [3.8, 4) is 0 Å². The number of allylic oxidation sites excluding steroid dienone is 2. The van der Waals surface area contributed by atoms with E-state index < -0.39 is 11.9 Å². The number of aliphatic carboxylic acids is 2. The number of aliphatic imine (C=N–C) groups is 2. The molecule has 0 aliphatic heterocycles. The molecule has 0 fully saturated rings. The van der Waals surface area contributed by atoms with E-state index in [0.29, 0.717) is 11.4 Å². The first-order valence-electron chi connectivity index (χ1n) is 7.94. The Morgan fingerprint density at radius 3 is 1.36 bits per heavy atom. The van der Waals surface area contributed by atoms with Crippen molar-refractivity contribution in [1.82, 2.24) is 0 Å². The quantitative estimate of drug-likeness (QED) is 0.392. The number of carbonyl (C=O) groups is 2. The van der Waals surface area contributed by atoms with Crippen LogP contribution < -0.4 is 0 Å². The van der Waals surface area contributed by atoms with E-state index in [-0.39, 0.29) is 22.6 Å². The van der Waals surface area contributed by atoms with Gasteiger partial charge in [-0.25, -0.2) is 19.6 Å². The molecule has 140 valence electrons. The highest BCUT2D eigenvalue weighted by molar-refractivity contribution is 14.1. The lowest BCUT2D eigenvalue weighted by molar-refractivity contribution is -0.133. The van der Waals surface area contributed by atoms with E-state index in [1.807, 2.05) is 24.3 Å². The molecule has 0 spiro atoms. The van der Waals surface area contributed by atoms with Gasteiger partial charge in [-0.1, -0.05) is 24.3 Å². The van der Waals surface area contributed by atoms with Gasteiger partial charge in [0.05, 0.1) is 33.9 Å². The molecule has 0 saturated carbocycles. The third-order valence-corrected chi connectivity index (χ3v) is 5.59. The fourth-order valence-corrected chi connectivity index (χ4v) is 3.46. The van der Waals surface area contributed by atoms with Gasteiger partial charge in [0.1, 0.15) is 0 Å². The first-order chi connectivity index (χ1) is 13.4. The fraction of sp³-hybridized carbons (Fsp3) is 0. The van der Waals surface area contributed by atoms with Crippen LogP contribution >= 0.6 is 45.2 Å². The molecule has 1 aliphatic rings. The molecule has 0 aromatic heterocycles. The predicted molar refractivity (Wildman–Crippen MR) is 124 cm³/mol. The molecular weight excluding hydrogens is 586 g/mol. The summed E-state index contributed by atoms with van der Waals surface area (Å²) in [5.74, 6) is -2.42. The van der Waals surface area contributed by atoms with Crippen LogP contribution in [0.1, 0.15) is 0 Å². The topological polar surface area (TPSA) is 99.3 Å². The van der Waals surface area contributed by atoms with E-state index in [9.17, 15) is 19.8 Å². The molecule has 2 N–H and O–H groups in total. The summed E-state index contributed by atoms with van der Waals surface area (Å²) in [5.41, 5.74) is 1.02. The Balaban J connectivity index is 2.18. The number of carboxylic acids is 2. The molecule has 6 nitrogen and oxygen atoms in total.